The molecule has 0 radical (unpaired) electrons. The minimum absolute atomic E-state index is 0.00100. The average molecular weight is 530 g/mol. The Kier molecular flexibility index (Phi) is 5.73. The van der Waals surface area contributed by atoms with E-state index in [9.17, 15) is 9.59 Å². The molecule has 7 rings (SSSR count). The first kappa shape index (κ1) is 24.3. The maximum atomic E-state index is 12.7. The molecule has 5 heterocycles. The number of likely N-dealkylation sites (tertiary alicyclic amines) is 1. The van der Waals surface area contributed by atoms with Crippen molar-refractivity contribution in [3.05, 3.63) is 36.2 Å². The summed E-state index contributed by atoms with van der Waals surface area (Å²) in [6.07, 6.45) is 9.18. The number of pyridine rings is 2. The van der Waals surface area contributed by atoms with Gasteiger partial charge in [-0.1, -0.05) is 0 Å². The Labute approximate surface area is 227 Å². The van der Waals surface area contributed by atoms with Crippen molar-refractivity contribution in [2.24, 2.45) is 23.2 Å². The highest BCUT2D eigenvalue weighted by atomic mass is 16.2. The molecule has 39 heavy (non-hydrogen) atoms. The lowest BCUT2D eigenvalue weighted by atomic mass is 9.80. The van der Waals surface area contributed by atoms with Crippen molar-refractivity contribution in [3.63, 3.8) is 0 Å². The Morgan fingerprint density at radius 3 is 2.59 bits per heavy atom. The van der Waals surface area contributed by atoms with Crippen LogP contribution in [0.2, 0.25) is 0 Å². The van der Waals surface area contributed by atoms with Crippen LogP contribution in [-0.2, 0) is 4.79 Å². The summed E-state index contributed by atoms with van der Waals surface area (Å²) < 4.78 is 1.77. The molecular weight excluding hydrogens is 494 g/mol. The molecule has 1 spiro atoms. The summed E-state index contributed by atoms with van der Waals surface area (Å²) >= 11 is 0. The van der Waals surface area contributed by atoms with Crippen molar-refractivity contribution in [2.45, 2.75) is 32.1 Å². The van der Waals surface area contributed by atoms with E-state index in [0.717, 1.165) is 49.9 Å². The molecular formula is C28H35N9O2. The van der Waals surface area contributed by atoms with Gasteiger partial charge in [0.25, 0.3) is 5.91 Å². The van der Waals surface area contributed by atoms with Crippen molar-refractivity contribution >= 4 is 40.6 Å². The molecule has 4 aliphatic rings. The zero-order valence-electron chi connectivity index (χ0n) is 22.5. The van der Waals surface area contributed by atoms with Crippen LogP contribution in [0.15, 0.2) is 30.6 Å². The van der Waals surface area contributed by atoms with Crippen LogP contribution in [0.25, 0.3) is 5.65 Å². The average Bonchev–Trinajstić information content (AvgIpc) is 3.83. The molecule has 11 nitrogen and oxygen atoms in total. The van der Waals surface area contributed by atoms with Gasteiger partial charge in [-0.05, 0) is 68.5 Å². The summed E-state index contributed by atoms with van der Waals surface area (Å²) in [5.74, 6) is 2.25. The fourth-order valence-electron chi connectivity index (χ4n) is 6.49. The van der Waals surface area contributed by atoms with Gasteiger partial charge in [-0.25, -0.2) is 9.50 Å². The van der Waals surface area contributed by atoms with E-state index in [0.29, 0.717) is 28.7 Å². The standard InChI is InChI=1S/C28H35N9O2/c1-29-25(38)20-13-30-23(32-26(39)21-12-28(21)7-8-28)11-22(20)31-27-33-24-4-3-19(16-37(24)34-27)36-9-5-17(6-10-36)18-14-35(2)15-18/h3-4,11,13,16-18,21H,5-10,12,14-15H2,1-2H3,(H,29,38)(H2,30,31,32,34,39)/t21-/m0/s1. The molecule has 0 unspecified atom stereocenters. The first-order valence-corrected chi connectivity index (χ1v) is 14.0. The van der Waals surface area contributed by atoms with Gasteiger partial charge in [-0.2, -0.15) is 4.98 Å². The van der Waals surface area contributed by atoms with E-state index in [2.05, 4.69) is 53.9 Å². The van der Waals surface area contributed by atoms with Crippen molar-refractivity contribution in [1.82, 2.24) is 29.8 Å². The fourth-order valence-corrected chi connectivity index (χ4v) is 6.49. The van der Waals surface area contributed by atoms with Crippen molar-refractivity contribution in [3.8, 4) is 0 Å². The Morgan fingerprint density at radius 2 is 1.90 bits per heavy atom. The number of rotatable bonds is 7. The predicted octanol–water partition coefficient (Wildman–Crippen LogP) is 2.74. The van der Waals surface area contributed by atoms with Crippen molar-refractivity contribution < 1.29 is 9.59 Å². The minimum atomic E-state index is -0.287. The number of aromatic nitrogens is 4. The fraction of sp³-hybridized carbons (Fsp3) is 0.536. The first-order chi connectivity index (χ1) is 18.9. The third-order valence-electron chi connectivity index (χ3n) is 9.25. The second-order valence-corrected chi connectivity index (χ2v) is 11.9. The Hall–Kier alpha value is -3.73. The van der Waals surface area contributed by atoms with Crippen molar-refractivity contribution in [2.75, 3.05) is 55.8 Å². The third kappa shape index (κ3) is 4.58. The molecule has 3 aromatic heterocycles. The lowest BCUT2D eigenvalue weighted by Gasteiger charge is -2.45. The molecule has 1 atom stereocenters. The van der Waals surface area contributed by atoms with Crippen LogP contribution >= 0.6 is 0 Å². The lowest BCUT2D eigenvalue weighted by Crippen LogP contribution is -2.50. The van der Waals surface area contributed by atoms with E-state index in [1.165, 1.54) is 32.1 Å². The first-order valence-electron chi connectivity index (χ1n) is 14.0. The third-order valence-corrected chi connectivity index (χ3v) is 9.25. The lowest BCUT2D eigenvalue weighted by molar-refractivity contribution is -0.117. The number of anilines is 4. The zero-order valence-corrected chi connectivity index (χ0v) is 22.5. The van der Waals surface area contributed by atoms with E-state index < -0.39 is 0 Å². The van der Waals surface area contributed by atoms with Crippen LogP contribution in [0.4, 0.5) is 23.1 Å². The number of carbonyl (C=O) groups excluding carboxylic acids is 2. The highest BCUT2D eigenvalue weighted by Gasteiger charge is 2.65. The molecule has 2 saturated carbocycles. The molecule has 11 heteroatoms. The maximum Gasteiger partial charge on any atom is 0.254 e. The van der Waals surface area contributed by atoms with Crippen LogP contribution in [0.3, 0.4) is 0 Å². The smallest absolute Gasteiger partial charge is 0.254 e. The van der Waals surface area contributed by atoms with E-state index in [-0.39, 0.29) is 23.1 Å². The predicted molar refractivity (Wildman–Crippen MR) is 148 cm³/mol. The molecule has 204 valence electrons. The van der Waals surface area contributed by atoms with Crippen LogP contribution in [0, 0.1) is 23.2 Å². The van der Waals surface area contributed by atoms with E-state index in [4.69, 9.17) is 0 Å². The SMILES string of the molecule is CNC(=O)c1cnc(NC(=O)[C@@H]2CC23CC3)cc1Nc1nc2ccc(N3CCC(C4CN(C)C4)CC3)cn2n1. The summed E-state index contributed by atoms with van der Waals surface area (Å²) in [5.41, 5.74) is 2.94. The van der Waals surface area contributed by atoms with Gasteiger partial charge in [-0.3, -0.25) is 9.59 Å². The highest BCUT2D eigenvalue weighted by molar-refractivity contribution is 6.01. The number of nitrogens with zero attached hydrogens (tertiary/aromatic N) is 6. The second-order valence-electron chi connectivity index (χ2n) is 11.9. The van der Waals surface area contributed by atoms with Crippen LogP contribution in [0.1, 0.15) is 42.5 Å². The van der Waals surface area contributed by atoms with Crippen LogP contribution in [-0.4, -0.2) is 76.6 Å². The molecule has 2 aliphatic carbocycles. The van der Waals surface area contributed by atoms with E-state index >= 15 is 0 Å². The molecule has 2 aliphatic heterocycles. The van der Waals surface area contributed by atoms with Crippen LogP contribution in [0.5, 0.6) is 0 Å². The topological polar surface area (TPSA) is 120 Å². The number of amides is 2. The Balaban J connectivity index is 1.07. The summed E-state index contributed by atoms with van der Waals surface area (Å²) in [6.45, 7) is 4.58. The monoisotopic (exact) mass is 529 g/mol. The second kappa shape index (κ2) is 9.18. The molecule has 0 bridgehead atoms. The largest absolute Gasteiger partial charge is 0.370 e. The van der Waals surface area contributed by atoms with E-state index in [1.807, 2.05) is 12.3 Å². The van der Waals surface area contributed by atoms with Gasteiger partial charge in [0.2, 0.25) is 11.9 Å². The summed E-state index contributed by atoms with van der Waals surface area (Å²) in [7, 11) is 3.77. The quantitative estimate of drug-likeness (QED) is 0.428. The number of nitrogens with one attached hydrogen (secondary N) is 3. The number of piperidine rings is 1. The summed E-state index contributed by atoms with van der Waals surface area (Å²) in [6, 6.07) is 5.75. The summed E-state index contributed by atoms with van der Waals surface area (Å²) in [4.78, 5) is 39.0. The van der Waals surface area contributed by atoms with Gasteiger partial charge in [0.1, 0.15) is 5.82 Å². The minimum Gasteiger partial charge on any atom is -0.370 e. The molecule has 0 aromatic carbocycles. The highest BCUT2D eigenvalue weighted by Crippen LogP contribution is 2.70. The zero-order chi connectivity index (χ0) is 26.7. The number of hydrogen-bond acceptors (Lipinski definition) is 8. The number of fused-ring (bicyclic) bond motifs is 1. The molecule has 2 amide bonds. The number of carbonyl (C=O) groups is 2. The van der Waals surface area contributed by atoms with Crippen LogP contribution < -0.4 is 20.9 Å². The van der Waals surface area contributed by atoms with E-state index in [1.54, 1.807) is 17.6 Å². The maximum absolute atomic E-state index is 12.7. The summed E-state index contributed by atoms with van der Waals surface area (Å²) in [5, 5.41) is 13.4. The van der Waals surface area contributed by atoms with Gasteiger partial charge in [0, 0.05) is 51.4 Å². The Morgan fingerprint density at radius 1 is 1.10 bits per heavy atom. The normalized spacial score (nSPS) is 22.5. The Bertz CT molecular complexity index is 1430. The van der Waals surface area contributed by atoms with Gasteiger partial charge >= 0.3 is 0 Å². The van der Waals surface area contributed by atoms with Gasteiger partial charge in [0.05, 0.1) is 23.1 Å². The van der Waals surface area contributed by atoms with Gasteiger partial charge in [-0.15, -0.1) is 5.10 Å². The van der Waals surface area contributed by atoms with Gasteiger partial charge in [0.15, 0.2) is 5.65 Å². The van der Waals surface area contributed by atoms with Crippen molar-refractivity contribution in [1.29, 1.82) is 0 Å². The molecule has 3 N–H and O–H groups in total. The molecule has 4 fully saturated rings. The molecule has 3 aromatic rings. The molecule has 2 saturated heterocycles. The number of hydrogen-bond donors (Lipinski definition) is 3. The van der Waals surface area contributed by atoms with Gasteiger partial charge < -0.3 is 25.8 Å².